The summed E-state index contributed by atoms with van der Waals surface area (Å²) in [5, 5.41) is 8.42. The molecule has 0 heterocycles. The second-order valence-electron chi connectivity index (χ2n) is 3.21. The predicted molar refractivity (Wildman–Crippen MR) is 57.3 cm³/mol. The van der Waals surface area contributed by atoms with Crippen molar-refractivity contribution in [1.29, 1.82) is 0 Å². The first-order valence-corrected chi connectivity index (χ1v) is 5.35. The molecule has 104 valence electrons. The second kappa shape index (κ2) is 5.91. The third-order valence-corrected chi connectivity index (χ3v) is 2.19. The number of rotatable bonds is 4. The number of thiol groups is 1. The van der Waals surface area contributed by atoms with Crippen LogP contribution in [0, 0.1) is 23.3 Å². The van der Waals surface area contributed by atoms with E-state index in [9.17, 15) is 27.2 Å². The Bertz CT molecular complexity index is 518. The number of hydrogen-bond acceptors (Lipinski definition) is 4. The predicted octanol–water partition coefficient (Wildman–Crippen LogP) is 2.17. The first-order chi connectivity index (χ1) is 8.81. The maximum Gasteiger partial charge on any atom is 0.341 e. The first-order valence-electron chi connectivity index (χ1n) is 4.72. The number of esters is 1. The minimum Gasteiger partial charge on any atom is -0.477 e. The molecule has 0 aliphatic rings. The largest absolute Gasteiger partial charge is 0.477 e. The maximum atomic E-state index is 13.3. The van der Waals surface area contributed by atoms with Crippen molar-refractivity contribution in [1.82, 2.24) is 0 Å². The molecule has 0 fully saturated rings. The molecule has 1 aromatic carbocycles. The van der Waals surface area contributed by atoms with Gasteiger partial charge >= 0.3 is 11.9 Å². The van der Waals surface area contributed by atoms with E-state index in [2.05, 4.69) is 17.4 Å². The zero-order valence-corrected chi connectivity index (χ0v) is 9.94. The van der Waals surface area contributed by atoms with E-state index in [1.54, 1.807) is 0 Å². The van der Waals surface area contributed by atoms with E-state index in [1.807, 2.05) is 0 Å². The molecule has 0 bridgehead atoms. The van der Waals surface area contributed by atoms with E-state index in [4.69, 9.17) is 5.11 Å². The minimum absolute atomic E-state index is 0.0136. The lowest BCUT2D eigenvalue weighted by Crippen LogP contribution is -2.16. The molecule has 19 heavy (non-hydrogen) atoms. The normalized spacial score (nSPS) is 10.4. The number of halogens is 4. The molecule has 9 heteroatoms. The third-order valence-electron chi connectivity index (χ3n) is 1.97. The number of hydrogen-bond donors (Lipinski definition) is 2. The van der Waals surface area contributed by atoms with Crippen LogP contribution in [-0.4, -0.2) is 22.8 Å². The minimum atomic E-state index is -2.19. The summed E-state index contributed by atoms with van der Waals surface area (Å²) < 4.78 is 57.2. The molecule has 0 atom stereocenters. The average molecular weight is 298 g/mol. The van der Waals surface area contributed by atoms with Crippen LogP contribution in [0.4, 0.5) is 17.6 Å². The molecule has 0 aromatic heterocycles. The highest BCUT2D eigenvalue weighted by molar-refractivity contribution is 7.80. The molecule has 0 unspecified atom stereocenters. The van der Waals surface area contributed by atoms with Gasteiger partial charge in [0.1, 0.15) is 5.56 Å². The Kier molecular flexibility index (Phi) is 4.76. The van der Waals surface area contributed by atoms with E-state index in [1.165, 1.54) is 0 Å². The van der Waals surface area contributed by atoms with E-state index >= 15 is 0 Å². The molecule has 0 radical (unpaired) electrons. The molecule has 0 spiro atoms. The zero-order chi connectivity index (χ0) is 14.7. The van der Waals surface area contributed by atoms with Gasteiger partial charge in [0.15, 0.2) is 11.6 Å². The van der Waals surface area contributed by atoms with Crippen LogP contribution in [-0.2, 0) is 4.79 Å². The van der Waals surface area contributed by atoms with Gasteiger partial charge in [-0.2, -0.15) is 21.4 Å². The Balaban J connectivity index is 3.36. The standard InChI is InChI=1S/C10H6F4O4S/c11-5-4(10(16)17)6(12)8(14)9(7(5)13)18-3(15)1-2-19/h19H,1-2H2,(H,16,17). The van der Waals surface area contributed by atoms with Gasteiger partial charge in [0, 0.05) is 5.75 Å². The van der Waals surface area contributed by atoms with Gasteiger partial charge in [-0.05, 0) is 0 Å². The summed E-state index contributed by atoms with van der Waals surface area (Å²) in [6.07, 6.45) is -0.355. The van der Waals surface area contributed by atoms with Gasteiger partial charge in [-0.25, -0.2) is 13.6 Å². The molecular weight excluding hydrogens is 292 g/mol. The van der Waals surface area contributed by atoms with Crippen LogP contribution >= 0.6 is 12.6 Å². The smallest absolute Gasteiger partial charge is 0.341 e. The Hall–Kier alpha value is -1.77. The van der Waals surface area contributed by atoms with Crippen LogP contribution < -0.4 is 4.74 Å². The number of carbonyl (C=O) groups excluding carboxylic acids is 1. The van der Waals surface area contributed by atoms with Crippen molar-refractivity contribution in [2.24, 2.45) is 0 Å². The topological polar surface area (TPSA) is 63.6 Å². The van der Waals surface area contributed by atoms with Crippen LogP contribution in [0.3, 0.4) is 0 Å². The molecule has 0 aliphatic carbocycles. The lowest BCUT2D eigenvalue weighted by molar-refractivity contribution is -0.134. The highest BCUT2D eigenvalue weighted by Crippen LogP contribution is 2.30. The number of benzene rings is 1. The lowest BCUT2D eigenvalue weighted by Gasteiger charge is -2.09. The molecule has 1 rings (SSSR count). The van der Waals surface area contributed by atoms with Crippen molar-refractivity contribution in [2.45, 2.75) is 6.42 Å². The van der Waals surface area contributed by atoms with Crippen molar-refractivity contribution in [3.05, 3.63) is 28.8 Å². The Morgan fingerprint density at radius 3 is 1.89 bits per heavy atom. The van der Waals surface area contributed by atoms with Crippen molar-refractivity contribution < 1.29 is 37.0 Å². The summed E-state index contributed by atoms with van der Waals surface area (Å²) in [6, 6.07) is 0. The number of carboxylic acids is 1. The molecule has 0 aliphatic heterocycles. The van der Waals surface area contributed by atoms with Gasteiger partial charge in [0.05, 0.1) is 6.42 Å². The number of aromatic carboxylic acids is 1. The fourth-order valence-corrected chi connectivity index (χ4v) is 1.33. The fraction of sp³-hybridized carbons (Fsp3) is 0.200. The molecule has 0 amide bonds. The quantitative estimate of drug-likeness (QED) is 0.294. The van der Waals surface area contributed by atoms with E-state index < -0.39 is 46.5 Å². The fourth-order valence-electron chi connectivity index (χ4n) is 1.15. The van der Waals surface area contributed by atoms with Gasteiger partial charge in [-0.3, -0.25) is 4.79 Å². The average Bonchev–Trinajstić information content (AvgIpc) is 2.32. The second-order valence-corrected chi connectivity index (χ2v) is 3.66. The Labute approximate surface area is 109 Å². The summed E-state index contributed by atoms with van der Waals surface area (Å²) in [5.74, 6) is -13.5. The molecule has 0 saturated heterocycles. The van der Waals surface area contributed by atoms with Crippen LogP contribution in [0.2, 0.25) is 0 Å². The molecular formula is C10H6F4O4S. The summed E-state index contributed by atoms with van der Waals surface area (Å²) >= 11 is 3.65. The van der Waals surface area contributed by atoms with E-state index in [0.29, 0.717) is 0 Å². The van der Waals surface area contributed by atoms with Crippen LogP contribution in [0.15, 0.2) is 0 Å². The Morgan fingerprint density at radius 2 is 1.53 bits per heavy atom. The zero-order valence-electron chi connectivity index (χ0n) is 9.05. The van der Waals surface area contributed by atoms with Crippen LogP contribution in [0.25, 0.3) is 0 Å². The van der Waals surface area contributed by atoms with Crippen LogP contribution in [0.5, 0.6) is 5.75 Å². The summed E-state index contributed by atoms with van der Waals surface area (Å²) in [4.78, 5) is 21.4. The Morgan fingerprint density at radius 1 is 1.05 bits per heavy atom. The number of carboxylic acid groups (broad SMARTS) is 1. The first kappa shape index (κ1) is 15.3. The highest BCUT2D eigenvalue weighted by Gasteiger charge is 2.31. The van der Waals surface area contributed by atoms with Crippen molar-refractivity contribution in [3.8, 4) is 5.75 Å². The van der Waals surface area contributed by atoms with Crippen molar-refractivity contribution in [2.75, 3.05) is 5.75 Å². The maximum absolute atomic E-state index is 13.3. The third kappa shape index (κ3) is 2.98. The van der Waals surface area contributed by atoms with Crippen LogP contribution in [0.1, 0.15) is 16.8 Å². The van der Waals surface area contributed by atoms with E-state index in [-0.39, 0.29) is 12.2 Å². The lowest BCUT2D eigenvalue weighted by atomic mass is 10.1. The van der Waals surface area contributed by atoms with Crippen molar-refractivity contribution >= 4 is 24.6 Å². The highest BCUT2D eigenvalue weighted by atomic mass is 32.1. The van der Waals surface area contributed by atoms with Gasteiger partial charge in [-0.1, -0.05) is 0 Å². The SMILES string of the molecule is O=C(CCS)Oc1c(F)c(F)c(C(=O)O)c(F)c1F. The van der Waals surface area contributed by atoms with Gasteiger partial charge in [0.2, 0.25) is 17.4 Å². The molecule has 0 saturated carbocycles. The molecule has 4 nitrogen and oxygen atoms in total. The molecule has 1 N–H and O–H groups in total. The summed E-state index contributed by atoms with van der Waals surface area (Å²) in [6.45, 7) is 0. The van der Waals surface area contributed by atoms with Gasteiger partial charge in [-0.15, -0.1) is 0 Å². The summed E-state index contributed by atoms with van der Waals surface area (Å²) in [5.41, 5.74) is -1.80. The summed E-state index contributed by atoms with van der Waals surface area (Å²) in [7, 11) is 0. The van der Waals surface area contributed by atoms with Gasteiger partial charge in [0.25, 0.3) is 0 Å². The number of carbonyl (C=O) groups is 2. The monoisotopic (exact) mass is 298 g/mol. The van der Waals surface area contributed by atoms with Gasteiger partial charge < -0.3 is 9.84 Å². The van der Waals surface area contributed by atoms with Crippen molar-refractivity contribution in [3.63, 3.8) is 0 Å². The van der Waals surface area contributed by atoms with E-state index in [0.717, 1.165) is 0 Å². The number of ether oxygens (including phenoxy) is 1. The molecule has 1 aromatic rings.